The van der Waals surface area contributed by atoms with Gasteiger partial charge in [0.25, 0.3) is 0 Å². The van der Waals surface area contributed by atoms with Gasteiger partial charge in [0, 0.05) is 13.1 Å². The fourth-order valence-corrected chi connectivity index (χ4v) is 2.99. The first kappa shape index (κ1) is 17.9. The molecule has 1 aliphatic heterocycles. The molecule has 0 aromatic carbocycles. The van der Waals surface area contributed by atoms with E-state index in [1.165, 1.54) is 71.0 Å². The van der Waals surface area contributed by atoms with Crippen LogP contribution in [0.25, 0.3) is 0 Å². The molecule has 1 fully saturated rings. The van der Waals surface area contributed by atoms with Crippen molar-refractivity contribution in [3.05, 3.63) is 0 Å². The number of aliphatic hydroxyl groups excluding tert-OH is 1. The summed E-state index contributed by atoms with van der Waals surface area (Å²) in [4.78, 5) is 2.58. The Hall–Kier alpha value is -0.120. The van der Waals surface area contributed by atoms with E-state index >= 15 is 0 Å². The Labute approximate surface area is 125 Å². The molecule has 0 radical (unpaired) electrons. The zero-order chi connectivity index (χ0) is 14.5. The van der Waals surface area contributed by atoms with Crippen molar-refractivity contribution in [2.75, 3.05) is 32.8 Å². The van der Waals surface area contributed by atoms with Gasteiger partial charge in [-0.25, -0.2) is 0 Å². The minimum absolute atomic E-state index is 0.151. The normalized spacial score (nSPS) is 17.7. The van der Waals surface area contributed by atoms with Crippen molar-refractivity contribution in [2.45, 2.75) is 77.2 Å². The highest BCUT2D eigenvalue weighted by atomic mass is 16.5. The molecule has 0 atom stereocenters. The Morgan fingerprint density at radius 1 is 0.950 bits per heavy atom. The van der Waals surface area contributed by atoms with Crippen LogP contribution in [-0.4, -0.2) is 49.0 Å². The van der Waals surface area contributed by atoms with Gasteiger partial charge in [-0.3, -0.25) is 0 Å². The Bertz CT molecular complexity index is 203. The van der Waals surface area contributed by atoms with E-state index in [1.807, 2.05) is 0 Å². The number of nitrogens with zero attached hydrogens (tertiary/aromatic N) is 1. The fraction of sp³-hybridized carbons (Fsp3) is 1.00. The monoisotopic (exact) mass is 285 g/mol. The second kappa shape index (κ2) is 12.6. The van der Waals surface area contributed by atoms with E-state index in [1.54, 1.807) is 0 Å². The number of unbranched alkanes of at least 4 members (excludes halogenated alkanes) is 7. The zero-order valence-corrected chi connectivity index (χ0v) is 13.5. The summed E-state index contributed by atoms with van der Waals surface area (Å²) in [5.41, 5.74) is 0. The van der Waals surface area contributed by atoms with Gasteiger partial charge in [0.15, 0.2) is 0 Å². The van der Waals surface area contributed by atoms with Gasteiger partial charge < -0.3 is 14.7 Å². The Morgan fingerprint density at radius 3 is 2.15 bits per heavy atom. The summed E-state index contributed by atoms with van der Waals surface area (Å²) in [5.74, 6) is 0. The summed E-state index contributed by atoms with van der Waals surface area (Å²) in [6, 6.07) is 0. The third-order valence-corrected chi connectivity index (χ3v) is 4.31. The number of hydrogen-bond donors (Lipinski definition) is 1. The number of ether oxygens (including phenoxy) is 1. The fourth-order valence-electron chi connectivity index (χ4n) is 2.99. The van der Waals surface area contributed by atoms with Crippen molar-refractivity contribution >= 4 is 0 Å². The predicted molar refractivity (Wildman–Crippen MR) is 85.1 cm³/mol. The zero-order valence-electron chi connectivity index (χ0n) is 13.5. The van der Waals surface area contributed by atoms with E-state index in [2.05, 4.69) is 11.8 Å². The maximum Gasteiger partial charge on any atom is 0.0701 e. The SMILES string of the molecule is CCCCCCCCCCN1CCC(OCCO)CC1. The second-order valence-corrected chi connectivity index (χ2v) is 6.11. The summed E-state index contributed by atoms with van der Waals surface area (Å²) in [6.45, 7) is 6.54. The van der Waals surface area contributed by atoms with Gasteiger partial charge in [-0.1, -0.05) is 51.9 Å². The van der Waals surface area contributed by atoms with Gasteiger partial charge in [0.1, 0.15) is 0 Å². The highest BCUT2D eigenvalue weighted by Gasteiger charge is 2.18. The topological polar surface area (TPSA) is 32.7 Å². The van der Waals surface area contributed by atoms with Gasteiger partial charge in [-0.2, -0.15) is 0 Å². The quantitative estimate of drug-likeness (QED) is 0.556. The molecule has 0 aromatic rings. The number of rotatable bonds is 12. The van der Waals surface area contributed by atoms with Crippen LogP contribution in [0.3, 0.4) is 0 Å². The summed E-state index contributed by atoms with van der Waals surface area (Å²) in [5, 5.41) is 8.75. The lowest BCUT2D eigenvalue weighted by molar-refractivity contribution is -0.00788. The molecule has 1 heterocycles. The number of aliphatic hydroxyl groups is 1. The molecule has 20 heavy (non-hydrogen) atoms. The predicted octanol–water partition coefficient (Wildman–Crippen LogP) is 3.60. The van der Waals surface area contributed by atoms with Crippen LogP contribution in [0.2, 0.25) is 0 Å². The molecule has 3 heteroatoms. The summed E-state index contributed by atoms with van der Waals surface area (Å²) < 4.78 is 5.59. The van der Waals surface area contributed by atoms with Crippen molar-refractivity contribution in [1.82, 2.24) is 4.90 Å². The average molecular weight is 285 g/mol. The lowest BCUT2D eigenvalue weighted by Crippen LogP contribution is -2.37. The molecule has 0 spiro atoms. The van der Waals surface area contributed by atoms with E-state index in [0.29, 0.717) is 12.7 Å². The molecule has 3 nitrogen and oxygen atoms in total. The van der Waals surface area contributed by atoms with Gasteiger partial charge in [-0.05, 0) is 25.8 Å². The molecule has 0 unspecified atom stereocenters. The van der Waals surface area contributed by atoms with Gasteiger partial charge in [0.05, 0.1) is 19.3 Å². The van der Waals surface area contributed by atoms with Crippen molar-refractivity contribution in [1.29, 1.82) is 0 Å². The molecule has 1 saturated heterocycles. The van der Waals surface area contributed by atoms with Crippen LogP contribution in [0, 0.1) is 0 Å². The molecular weight excluding hydrogens is 250 g/mol. The third-order valence-electron chi connectivity index (χ3n) is 4.31. The van der Waals surface area contributed by atoms with E-state index in [0.717, 1.165) is 12.8 Å². The van der Waals surface area contributed by atoms with Crippen molar-refractivity contribution in [3.63, 3.8) is 0 Å². The molecule has 120 valence electrons. The number of likely N-dealkylation sites (tertiary alicyclic amines) is 1. The summed E-state index contributed by atoms with van der Waals surface area (Å²) in [6.07, 6.45) is 13.9. The Morgan fingerprint density at radius 2 is 1.55 bits per heavy atom. The minimum atomic E-state index is 0.151. The summed E-state index contributed by atoms with van der Waals surface area (Å²) in [7, 11) is 0. The lowest BCUT2D eigenvalue weighted by atomic mass is 10.1. The van der Waals surface area contributed by atoms with Crippen LogP contribution in [0.15, 0.2) is 0 Å². The van der Waals surface area contributed by atoms with Crippen LogP contribution in [0.4, 0.5) is 0 Å². The molecule has 1 rings (SSSR count). The van der Waals surface area contributed by atoms with E-state index in [9.17, 15) is 0 Å². The smallest absolute Gasteiger partial charge is 0.0701 e. The summed E-state index contributed by atoms with van der Waals surface area (Å²) >= 11 is 0. The second-order valence-electron chi connectivity index (χ2n) is 6.11. The van der Waals surface area contributed by atoms with Crippen molar-refractivity contribution in [2.24, 2.45) is 0 Å². The van der Waals surface area contributed by atoms with E-state index < -0.39 is 0 Å². The molecule has 0 aliphatic carbocycles. The minimum Gasteiger partial charge on any atom is -0.394 e. The van der Waals surface area contributed by atoms with Crippen LogP contribution in [-0.2, 0) is 4.74 Å². The van der Waals surface area contributed by atoms with E-state index in [-0.39, 0.29) is 6.61 Å². The first-order valence-corrected chi connectivity index (χ1v) is 8.81. The van der Waals surface area contributed by atoms with Gasteiger partial charge >= 0.3 is 0 Å². The Balaban J connectivity index is 1.86. The highest BCUT2D eigenvalue weighted by Crippen LogP contribution is 2.15. The molecule has 1 N–H and O–H groups in total. The van der Waals surface area contributed by atoms with Crippen LogP contribution in [0.5, 0.6) is 0 Å². The van der Waals surface area contributed by atoms with Crippen molar-refractivity contribution < 1.29 is 9.84 Å². The van der Waals surface area contributed by atoms with Gasteiger partial charge in [0.2, 0.25) is 0 Å². The van der Waals surface area contributed by atoms with Crippen molar-refractivity contribution in [3.8, 4) is 0 Å². The van der Waals surface area contributed by atoms with Crippen LogP contribution >= 0.6 is 0 Å². The first-order chi connectivity index (χ1) is 9.86. The average Bonchev–Trinajstić information content (AvgIpc) is 2.49. The van der Waals surface area contributed by atoms with Crippen LogP contribution in [0.1, 0.15) is 71.1 Å². The molecule has 0 aromatic heterocycles. The largest absolute Gasteiger partial charge is 0.394 e. The lowest BCUT2D eigenvalue weighted by Gasteiger charge is -2.31. The molecule has 0 amide bonds. The molecule has 1 aliphatic rings. The number of piperidine rings is 1. The number of hydrogen-bond acceptors (Lipinski definition) is 3. The maximum atomic E-state index is 8.75. The standard InChI is InChI=1S/C17H35NO2/c1-2-3-4-5-6-7-8-9-12-18-13-10-17(11-14-18)20-16-15-19/h17,19H,2-16H2,1H3. The maximum absolute atomic E-state index is 8.75. The first-order valence-electron chi connectivity index (χ1n) is 8.81. The molecule has 0 bridgehead atoms. The highest BCUT2D eigenvalue weighted by molar-refractivity contribution is 4.72. The Kier molecular flexibility index (Phi) is 11.3. The van der Waals surface area contributed by atoms with Gasteiger partial charge in [-0.15, -0.1) is 0 Å². The molecular formula is C17H35NO2. The molecule has 0 saturated carbocycles. The third kappa shape index (κ3) is 8.93. The van der Waals surface area contributed by atoms with E-state index in [4.69, 9.17) is 9.84 Å². The van der Waals surface area contributed by atoms with Crippen LogP contribution < -0.4 is 0 Å².